The summed E-state index contributed by atoms with van der Waals surface area (Å²) in [7, 11) is 0. The first-order valence-electron chi connectivity index (χ1n) is 5.69. The molecule has 0 heterocycles. The molecule has 3 rings (SSSR count). The topological polar surface area (TPSA) is 0 Å². The van der Waals surface area contributed by atoms with Crippen molar-refractivity contribution in [2.45, 2.75) is 13.3 Å². The van der Waals surface area contributed by atoms with Gasteiger partial charge in [-0.25, -0.2) is 0 Å². The molecule has 0 fully saturated rings. The van der Waals surface area contributed by atoms with Gasteiger partial charge in [0.1, 0.15) is 0 Å². The van der Waals surface area contributed by atoms with Gasteiger partial charge in [-0.3, -0.25) is 0 Å². The molecule has 0 aromatic heterocycles. The van der Waals surface area contributed by atoms with Crippen molar-refractivity contribution in [1.82, 2.24) is 0 Å². The molecule has 0 bridgehead atoms. The minimum absolute atomic E-state index is 1.07. The van der Waals surface area contributed by atoms with Crippen LogP contribution < -0.4 is 0 Å². The highest BCUT2D eigenvalue weighted by molar-refractivity contribution is 5.87. The van der Waals surface area contributed by atoms with Crippen molar-refractivity contribution >= 4 is 16.3 Å². The second-order valence-electron chi connectivity index (χ2n) is 4.38. The first kappa shape index (κ1) is 9.41. The minimum atomic E-state index is 1.07. The summed E-state index contributed by atoms with van der Waals surface area (Å²) in [5.74, 6) is 0. The first-order chi connectivity index (χ1) is 7.83. The third-order valence-corrected chi connectivity index (χ3v) is 3.17. The van der Waals surface area contributed by atoms with E-state index < -0.39 is 0 Å². The number of fused-ring (bicyclic) bond motifs is 1. The summed E-state index contributed by atoms with van der Waals surface area (Å²) in [6.45, 7) is 2.16. The average Bonchev–Trinajstić information content (AvgIpc) is 2.75. The van der Waals surface area contributed by atoms with E-state index in [9.17, 15) is 0 Å². The molecule has 1 aliphatic carbocycles. The Hall–Kier alpha value is -1.82. The fraction of sp³-hybridized carbons (Fsp3) is 0.125. The van der Waals surface area contributed by atoms with Crippen molar-refractivity contribution in [3.63, 3.8) is 0 Å². The number of benzene rings is 2. The lowest BCUT2D eigenvalue weighted by molar-refractivity contribution is 1.42. The molecular formula is C16H14. The van der Waals surface area contributed by atoms with Crippen molar-refractivity contribution < 1.29 is 0 Å². The van der Waals surface area contributed by atoms with Gasteiger partial charge in [0.25, 0.3) is 0 Å². The highest BCUT2D eigenvalue weighted by Gasteiger charge is 2.06. The number of hydrogen-bond donors (Lipinski definition) is 0. The van der Waals surface area contributed by atoms with E-state index in [1.54, 1.807) is 0 Å². The second kappa shape index (κ2) is 3.64. The van der Waals surface area contributed by atoms with Crippen LogP contribution in [0.5, 0.6) is 0 Å². The van der Waals surface area contributed by atoms with Crippen molar-refractivity contribution in [2.75, 3.05) is 0 Å². The molecule has 0 heteroatoms. The van der Waals surface area contributed by atoms with E-state index in [1.165, 1.54) is 27.5 Å². The molecule has 0 radical (unpaired) electrons. The van der Waals surface area contributed by atoms with Crippen LogP contribution in [-0.4, -0.2) is 0 Å². The van der Waals surface area contributed by atoms with E-state index in [0.717, 1.165) is 6.42 Å². The number of rotatable bonds is 1. The Morgan fingerprint density at radius 3 is 2.50 bits per heavy atom. The first-order valence-corrected chi connectivity index (χ1v) is 5.69. The minimum Gasteiger partial charge on any atom is -0.0772 e. The van der Waals surface area contributed by atoms with E-state index in [1.807, 2.05) is 0 Å². The summed E-state index contributed by atoms with van der Waals surface area (Å²) >= 11 is 0. The molecule has 78 valence electrons. The predicted octanol–water partition coefficient (Wildman–Crippen LogP) is 4.57. The standard InChI is InChI=1S/C16H14/c1-12-6-7-15(10-12)16-9-8-13-4-2-3-5-14(13)11-16/h2-6,8-11H,7H2,1H3. The fourth-order valence-corrected chi connectivity index (χ4v) is 2.25. The summed E-state index contributed by atoms with van der Waals surface area (Å²) < 4.78 is 0. The Labute approximate surface area is 95.9 Å². The predicted molar refractivity (Wildman–Crippen MR) is 70.3 cm³/mol. The SMILES string of the molecule is CC1=CCC(c2ccc3ccccc3c2)=C1. The Morgan fingerprint density at radius 2 is 1.75 bits per heavy atom. The molecule has 2 aromatic rings. The van der Waals surface area contributed by atoms with Crippen LogP contribution in [0.4, 0.5) is 0 Å². The van der Waals surface area contributed by atoms with E-state index in [4.69, 9.17) is 0 Å². The monoisotopic (exact) mass is 206 g/mol. The number of allylic oxidation sites excluding steroid dienone is 4. The molecular weight excluding hydrogens is 192 g/mol. The molecule has 16 heavy (non-hydrogen) atoms. The van der Waals surface area contributed by atoms with Crippen molar-refractivity contribution in [3.8, 4) is 0 Å². The smallest absolute Gasteiger partial charge is 0.00857 e. The molecule has 0 nitrogen and oxygen atoms in total. The fourth-order valence-electron chi connectivity index (χ4n) is 2.25. The van der Waals surface area contributed by atoms with E-state index in [2.05, 4.69) is 61.5 Å². The van der Waals surface area contributed by atoms with Crippen LogP contribution in [0.1, 0.15) is 18.9 Å². The summed E-state index contributed by atoms with van der Waals surface area (Å²) in [6, 6.07) is 15.2. The van der Waals surface area contributed by atoms with Gasteiger partial charge in [-0.1, -0.05) is 54.1 Å². The van der Waals surface area contributed by atoms with Gasteiger partial charge in [-0.15, -0.1) is 0 Å². The molecule has 0 amide bonds. The Bertz CT molecular complexity index is 600. The molecule has 0 unspecified atom stereocenters. The summed E-state index contributed by atoms with van der Waals surface area (Å²) in [5, 5.41) is 2.64. The largest absolute Gasteiger partial charge is 0.0772 e. The van der Waals surface area contributed by atoms with E-state index in [-0.39, 0.29) is 0 Å². The Kier molecular flexibility index (Phi) is 2.14. The third-order valence-electron chi connectivity index (χ3n) is 3.17. The zero-order valence-electron chi connectivity index (χ0n) is 9.40. The lowest BCUT2D eigenvalue weighted by Gasteiger charge is -2.04. The van der Waals surface area contributed by atoms with Gasteiger partial charge in [0.05, 0.1) is 0 Å². The lowest BCUT2D eigenvalue weighted by Crippen LogP contribution is -1.81. The average molecular weight is 206 g/mol. The van der Waals surface area contributed by atoms with E-state index in [0.29, 0.717) is 0 Å². The molecule has 1 aliphatic rings. The van der Waals surface area contributed by atoms with Crippen LogP contribution >= 0.6 is 0 Å². The zero-order chi connectivity index (χ0) is 11.0. The van der Waals surface area contributed by atoms with E-state index >= 15 is 0 Å². The maximum atomic E-state index is 2.29. The molecule has 0 aliphatic heterocycles. The highest BCUT2D eigenvalue weighted by atomic mass is 14.1. The van der Waals surface area contributed by atoms with Gasteiger partial charge in [0.15, 0.2) is 0 Å². The molecule has 0 saturated carbocycles. The summed E-state index contributed by atoms with van der Waals surface area (Å²) in [6.07, 6.45) is 5.64. The molecule has 0 N–H and O–H groups in total. The van der Waals surface area contributed by atoms with Crippen LogP contribution in [0.3, 0.4) is 0 Å². The Balaban J connectivity index is 2.09. The molecule has 2 aromatic carbocycles. The van der Waals surface area contributed by atoms with Crippen molar-refractivity contribution in [3.05, 3.63) is 65.8 Å². The van der Waals surface area contributed by atoms with Crippen LogP contribution in [0.2, 0.25) is 0 Å². The lowest BCUT2D eigenvalue weighted by atomic mass is 10.0. The zero-order valence-corrected chi connectivity index (χ0v) is 9.40. The quantitative estimate of drug-likeness (QED) is 0.641. The van der Waals surface area contributed by atoms with Gasteiger partial charge in [-0.05, 0) is 41.3 Å². The molecule has 0 spiro atoms. The van der Waals surface area contributed by atoms with Gasteiger partial charge in [0, 0.05) is 0 Å². The highest BCUT2D eigenvalue weighted by Crippen LogP contribution is 2.28. The summed E-state index contributed by atoms with van der Waals surface area (Å²) in [4.78, 5) is 0. The van der Waals surface area contributed by atoms with Gasteiger partial charge in [-0.2, -0.15) is 0 Å². The third kappa shape index (κ3) is 1.57. The Morgan fingerprint density at radius 1 is 0.938 bits per heavy atom. The summed E-state index contributed by atoms with van der Waals surface area (Å²) in [5.41, 5.74) is 4.17. The van der Waals surface area contributed by atoms with Crippen LogP contribution in [0.25, 0.3) is 16.3 Å². The van der Waals surface area contributed by atoms with Crippen LogP contribution in [0.15, 0.2) is 60.2 Å². The maximum Gasteiger partial charge on any atom is -0.00857 e. The molecule has 0 atom stereocenters. The number of hydrogen-bond acceptors (Lipinski definition) is 0. The van der Waals surface area contributed by atoms with Crippen LogP contribution in [0, 0.1) is 0 Å². The van der Waals surface area contributed by atoms with Crippen molar-refractivity contribution in [2.24, 2.45) is 0 Å². The molecule has 0 saturated heterocycles. The van der Waals surface area contributed by atoms with Crippen molar-refractivity contribution in [1.29, 1.82) is 0 Å². The van der Waals surface area contributed by atoms with Crippen LogP contribution in [-0.2, 0) is 0 Å². The van der Waals surface area contributed by atoms with Gasteiger partial charge in [0.2, 0.25) is 0 Å². The maximum absolute atomic E-state index is 2.29. The van der Waals surface area contributed by atoms with Gasteiger partial charge >= 0.3 is 0 Å². The second-order valence-corrected chi connectivity index (χ2v) is 4.38. The van der Waals surface area contributed by atoms with Gasteiger partial charge < -0.3 is 0 Å². The normalized spacial score (nSPS) is 15.1.